The Morgan fingerprint density at radius 2 is 2.12 bits per heavy atom. The molecule has 2 rings (SSSR count). The quantitative estimate of drug-likeness (QED) is 0.843. The van der Waals surface area contributed by atoms with Crippen molar-refractivity contribution in [3.05, 3.63) is 34.9 Å². The second-order valence-electron chi connectivity index (χ2n) is 4.18. The molecule has 0 saturated carbocycles. The van der Waals surface area contributed by atoms with Gasteiger partial charge < -0.3 is 10.2 Å². The number of likely N-dealkylation sites (N-methyl/N-ethyl adjacent to an activating group) is 1. The molecule has 4 heteroatoms. The summed E-state index contributed by atoms with van der Waals surface area (Å²) in [6, 6.07) is 8.19. The van der Waals surface area contributed by atoms with Gasteiger partial charge in [-0.2, -0.15) is 0 Å². The zero-order valence-corrected chi connectivity index (χ0v) is 10.00. The van der Waals surface area contributed by atoms with Crippen LogP contribution in [0.15, 0.2) is 24.3 Å². The summed E-state index contributed by atoms with van der Waals surface area (Å²) < 4.78 is 0. The van der Waals surface area contributed by atoms with Crippen molar-refractivity contribution in [2.24, 2.45) is 0 Å². The van der Waals surface area contributed by atoms with Crippen molar-refractivity contribution < 1.29 is 4.79 Å². The van der Waals surface area contributed by atoms with Gasteiger partial charge in [-0.3, -0.25) is 4.79 Å². The molecule has 0 bridgehead atoms. The van der Waals surface area contributed by atoms with Crippen molar-refractivity contribution in [1.29, 1.82) is 0 Å². The first-order chi connectivity index (χ1) is 7.65. The number of carbonyl (C=O) groups is 1. The third kappa shape index (κ3) is 2.74. The Bertz CT molecular complexity index is 377. The van der Waals surface area contributed by atoms with Gasteiger partial charge in [-0.05, 0) is 24.1 Å². The molecule has 1 fully saturated rings. The third-order valence-corrected chi connectivity index (χ3v) is 3.11. The lowest BCUT2D eigenvalue weighted by Gasteiger charge is -2.30. The summed E-state index contributed by atoms with van der Waals surface area (Å²) >= 11 is 5.83. The Kier molecular flexibility index (Phi) is 3.46. The van der Waals surface area contributed by atoms with Gasteiger partial charge in [0.25, 0.3) is 0 Å². The topological polar surface area (TPSA) is 32.3 Å². The summed E-state index contributed by atoms with van der Waals surface area (Å²) in [5.41, 5.74) is 1.24. The molecule has 1 amide bonds. The normalized spacial score (nSPS) is 21.2. The molecule has 1 heterocycles. The van der Waals surface area contributed by atoms with Gasteiger partial charge in [-0.15, -0.1) is 0 Å². The van der Waals surface area contributed by atoms with Crippen molar-refractivity contribution in [1.82, 2.24) is 10.2 Å². The van der Waals surface area contributed by atoms with Crippen molar-refractivity contribution >= 4 is 17.5 Å². The Labute approximate surface area is 100 Å². The van der Waals surface area contributed by atoms with E-state index >= 15 is 0 Å². The zero-order valence-electron chi connectivity index (χ0n) is 9.24. The standard InChI is InChI=1S/C12H15ClN2O/c1-15-8-11(14-7-12(15)16)6-9-2-4-10(13)5-3-9/h2-5,11,14H,6-8H2,1H3. The van der Waals surface area contributed by atoms with Crippen LogP contribution in [0, 0.1) is 0 Å². The lowest BCUT2D eigenvalue weighted by molar-refractivity contribution is -0.131. The maximum Gasteiger partial charge on any atom is 0.236 e. The van der Waals surface area contributed by atoms with Crippen LogP contribution in [-0.2, 0) is 11.2 Å². The van der Waals surface area contributed by atoms with E-state index in [1.165, 1.54) is 5.56 Å². The first-order valence-electron chi connectivity index (χ1n) is 5.37. The molecule has 1 atom stereocenters. The summed E-state index contributed by atoms with van der Waals surface area (Å²) in [6.45, 7) is 1.20. The summed E-state index contributed by atoms with van der Waals surface area (Å²) in [5.74, 6) is 0.160. The number of hydrogen-bond acceptors (Lipinski definition) is 2. The third-order valence-electron chi connectivity index (χ3n) is 2.86. The molecular formula is C12H15ClN2O. The zero-order chi connectivity index (χ0) is 11.5. The molecule has 1 aromatic rings. The monoisotopic (exact) mass is 238 g/mol. The number of hydrogen-bond donors (Lipinski definition) is 1. The van der Waals surface area contributed by atoms with E-state index in [9.17, 15) is 4.79 Å². The van der Waals surface area contributed by atoms with Gasteiger partial charge in [0.05, 0.1) is 6.54 Å². The molecule has 86 valence electrons. The highest BCUT2D eigenvalue weighted by atomic mass is 35.5. The molecule has 16 heavy (non-hydrogen) atoms. The number of halogens is 1. The molecule has 0 aliphatic carbocycles. The van der Waals surface area contributed by atoms with Crippen LogP contribution >= 0.6 is 11.6 Å². The number of nitrogens with zero attached hydrogens (tertiary/aromatic N) is 1. The van der Waals surface area contributed by atoms with Crippen LogP contribution in [0.4, 0.5) is 0 Å². The van der Waals surface area contributed by atoms with E-state index in [1.807, 2.05) is 31.3 Å². The smallest absolute Gasteiger partial charge is 0.236 e. The SMILES string of the molecule is CN1CC(Cc2ccc(Cl)cc2)NCC1=O. The van der Waals surface area contributed by atoms with Crippen LogP contribution in [0.3, 0.4) is 0 Å². The second-order valence-corrected chi connectivity index (χ2v) is 4.62. The van der Waals surface area contributed by atoms with Gasteiger partial charge in [0.1, 0.15) is 0 Å². The first kappa shape index (κ1) is 11.4. The van der Waals surface area contributed by atoms with Gasteiger partial charge in [-0.25, -0.2) is 0 Å². The molecule has 3 nitrogen and oxygen atoms in total. The minimum absolute atomic E-state index is 0.160. The molecule has 1 N–H and O–H groups in total. The van der Waals surface area contributed by atoms with E-state index < -0.39 is 0 Å². The number of nitrogens with one attached hydrogen (secondary N) is 1. The molecule has 0 aromatic heterocycles. The summed E-state index contributed by atoms with van der Waals surface area (Å²) in [4.78, 5) is 13.1. The van der Waals surface area contributed by atoms with E-state index in [1.54, 1.807) is 4.90 Å². The number of benzene rings is 1. The summed E-state index contributed by atoms with van der Waals surface area (Å²) in [6.07, 6.45) is 0.925. The van der Waals surface area contributed by atoms with Crippen LogP contribution in [-0.4, -0.2) is 37.0 Å². The molecule has 0 radical (unpaired) electrons. The molecule has 1 unspecified atom stereocenters. The molecule has 1 aliphatic heterocycles. The highest BCUT2D eigenvalue weighted by Crippen LogP contribution is 2.12. The number of rotatable bonds is 2. The van der Waals surface area contributed by atoms with E-state index in [0.717, 1.165) is 18.0 Å². The lowest BCUT2D eigenvalue weighted by Crippen LogP contribution is -2.53. The van der Waals surface area contributed by atoms with E-state index in [2.05, 4.69) is 5.32 Å². The van der Waals surface area contributed by atoms with Crippen LogP contribution in [0.1, 0.15) is 5.56 Å². The Morgan fingerprint density at radius 3 is 2.75 bits per heavy atom. The molecule has 0 spiro atoms. The van der Waals surface area contributed by atoms with Crippen LogP contribution in [0.5, 0.6) is 0 Å². The van der Waals surface area contributed by atoms with Crippen molar-refractivity contribution in [2.75, 3.05) is 20.1 Å². The van der Waals surface area contributed by atoms with Crippen molar-refractivity contribution in [2.45, 2.75) is 12.5 Å². The second kappa shape index (κ2) is 4.85. The molecule has 1 saturated heterocycles. The van der Waals surface area contributed by atoms with E-state index in [4.69, 9.17) is 11.6 Å². The number of carbonyl (C=O) groups excluding carboxylic acids is 1. The van der Waals surface area contributed by atoms with E-state index in [0.29, 0.717) is 12.6 Å². The minimum Gasteiger partial charge on any atom is -0.343 e. The summed E-state index contributed by atoms with van der Waals surface area (Å²) in [5, 5.41) is 4.00. The average molecular weight is 239 g/mol. The summed E-state index contributed by atoms with van der Waals surface area (Å²) in [7, 11) is 1.85. The molecule has 1 aliphatic rings. The predicted octanol–water partition coefficient (Wildman–Crippen LogP) is 1.31. The number of piperazine rings is 1. The first-order valence-corrected chi connectivity index (χ1v) is 5.75. The lowest BCUT2D eigenvalue weighted by atomic mass is 10.0. The average Bonchev–Trinajstić information content (AvgIpc) is 2.27. The van der Waals surface area contributed by atoms with Gasteiger partial charge in [0.2, 0.25) is 5.91 Å². The van der Waals surface area contributed by atoms with Gasteiger partial charge in [0, 0.05) is 24.7 Å². The minimum atomic E-state index is 0.160. The largest absolute Gasteiger partial charge is 0.343 e. The maximum absolute atomic E-state index is 11.3. The maximum atomic E-state index is 11.3. The Balaban J connectivity index is 1.95. The van der Waals surface area contributed by atoms with Crippen molar-refractivity contribution in [3.8, 4) is 0 Å². The fourth-order valence-electron chi connectivity index (χ4n) is 1.91. The van der Waals surface area contributed by atoms with Gasteiger partial charge in [-0.1, -0.05) is 23.7 Å². The highest BCUT2D eigenvalue weighted by Gasteiger charge is 2.21. The van der Waals surface area contributed by atoms with Crippen LogP contribution in [0.25, 0.3) is 0 Å². The fraction of sp³-hybridized carbons (Fsp3) is 0.417. The molecular weight excluding hydrogens is 224 g/mol. The van der Waals surface area contributed by atoms with Crippen molar-refractivity contribution in [3.63, 3.8) is 0 Å². The Hall–Kier alpha value is -1.06. The molecule has 1 aromatic carbocycles. The fourth-order valence-corrected chi connectivity index (χ4v) is 2.03. The van der Waals surface area contributed by atoms with Gasteiger partial charge >= 0.3 is 0 Å². The van der Waals surface area contributed by atoms with Crippen LogP contribution in [0.2, 0.25) is 5.02 Å². The number of amides is 1. The van der Waals surface area contributed by atoms with Gasteiger partial charge in [0.15, 0.2) is 0 Å². The van der Waals surface area contributed by atoms with E-state index in [-0.39, 0.29) is 5.91 Å². The predicted molar refractivity (Wildman–Crippen MR) is 64.6 cm³/mol. The Morgan fingerprint density at radius 1 is 1.44 bits per heavy atom. The highest BCUT2D eigenvalue weighted by molar-refractivity contribution is 6.30. The van der Waals surface area contributed by atoms with Crippen LogP contribution < -0.4 is 5.32 Å².